The van der Waals surface area contributed by atoms with E-state index in [-0.39, 0.29) is 5.91 Å². The third kappa shape index (κ3) is 3.01. The zero-order valence-corrected chi connectivity index (χ0v) is 14.8. The predicted octanol–water partition coefficient (Wildman–Crippen LogP) is 2.39. The summed E-state index contributed by atoms with van der Waals surface area (Å²) in [6.07, 6.45) is 5.46. The van der Waals surface area contributed by atoms with E-state index in [2.05, 4.69) is 15.9 Å². The number of hydrogen-bond acceptors (Lipinski definition) is 6. The van der Waals surface area contributed by atoms with Gasteiger partial charge in [-0.2, -0.15) is 0 Å². The lowest BCUT2D eigenvalue weighted by molar-refractivity contribution is 0.0306. The highest BCUT2D eigenvalue weighted by Crippen LogP contribution is 2.31. The van der Waals surface area contributed by atoms with Crippen molar-refractivity contribution < 1.29 is 9.53 Å². The molecule has 4 rings (SSSR count). The number of amides is 1. The van der Waals surface area contributed by atoms with E-state index in [9.17, 15) is 4.79 Å². The number of rotatable bonds is 2. The fraction of sp³-hybridized carbons (Fsp3) is 0.211. The van der Waals surface area contributed by atoms with Crippen molar-refractivity contribution in [2.75, 3.05) is 32.0 Å². The molecule has 2 N–H and O–H groups in total. The van der Waals surface area contributed by atoms with Crippen LogP contribution in [-0.2, 0) is 4.74 Å². The van der Waals surface area contributed by atoms with Gasteiger partial charge in [0.05, 0.1) is 23.5 Å². The topological polar surface area (TPSA) is 81.3 Å². The molecule has 0 aliphatic carbocycles. The molecule has 6 nitrogen and oxygen atoms in total. The van der Waals surface area contributed by atoms with Gasteiger partial charge in [-0.15, -0.1) is 17.8 Å². The van der Waals surface area contributed by atoms with E-state index < -0.39 is 0 Å². The van der Waals surface area contributed by atoms with Gasteiger partial charge in [-0.1, -0.05) is 18.1 Å². The molecular weight excluding hydrogens is 348 g/mol. The van der Waals surface area contributed by atoms with E-state index in [0.717, 1.165) is 11.1 Å². The normalized spacial score (nSPS) is 14.3. The summed E-state index contributed by atoms with van der Waals surface area (Å²) in [5.74, 6) is 3.43. The Morgan fingerprint density at radius 2 is 2.08 bits per heavy atom. The highest BCUT2D eigenvalue weighted by molar-refractivity contribution is 7.20. The Morgan fingerprint density at radius 3 is 2.85 bits per heavy atom. The first-order valence-electron chi connectivity index (χ1n) is 8.17. The first-order chi connectivity index (χ1) is 12.7. The Labute approximate surface area is 154 Å². The van der Waals surface area contributed by atoms with E-state index in [1.807, 2.05) is 24.3 Å². The van der Waals surface area contributed by atoms with E-state index >= 15 is 0 Å². The van der Waals surface area contributed by atoms with Gasteiger partial charge in [0, 0.05) is 24.2 Å². The SMILES string of the molecule is C#Cc1cccc(-c2nc(N)c3cc(C(=O)N4CCOCC4)sc3n2)c1. The van der Waals surface area contributed by atoms with Gasteiger partial charge >= 0.3 is 0 Å². The number of fused-ring (bicyclic) bond motifs is 1. The number of nitrogens with two attached hydrogens (primary N) is 1. The van der Waals surface area contributed by atoms with Crippen LogP contribution >= 0.6 is 11.3 Å². The van der Waals surface area contributed by atoms with Gasteiger partial charge in [0.1, 0.15) is 10.6 Å². The van der Waals surface area contributed by atoms with Crippen molar-refractivity contribution in [3.8, 4) is 23.7 Å². The predicted molar refractivity (Wildman–Crippen MR) is 102 cm³/mol. The summed E-state index contributed by atoms with van der Waals surface area (Å²) in [7, 11) is 0. The molecule has 130 valence electrons. The Balaban J connectivity index is 1.73. The highest BCUT2D eigenvalue weighted by atomic mass is 32.1. The van der Waals surface area contributed by atoms with Gasteiger partial charge in [0.25, 0.3) is 5.91 Å². The average Bonchev–Trinajstić information content (AvgIpc) is 3.13. The van der Waals surface area contributed by atoms with Crippen LogP contribution in [-0.4, -0.2) is 47.1 Å². The quantitative estimate of drug-likeness (QED) is 0.706. The smallest absolute Gasteiger partial charge is 0.264 e. The Kier molecular flexibility index (Phi) is 4.29. The molecule has 0 spiro atoms. The van der Waals surface area contributed by atoms with E-state index in [4.69, 9.17) is 16.9 Å². The molecule has 1 fully saturated rings. The monoisotopic (exact) mass is 364 g/mol. The van der Waals surface area contributed by atoms with Crippen LogP contribution in [0.5, 0.6) is 0 Å². The Hall–Kier alpha value is -2.95. The molecule has 1 amide bonds. The maximum atomic E-state index is 12.7. The van der Waals surface area contributed by atoms with E-state index in [0.29, 0.717) is 53.0 Å². The summed E-state index contributed by atoms with van der Waals surface area (Å²) in [6, 6.07) is 9.20. The summed E-state index contributed by atoms with van der Waals surface area (Å²) < 4.78 is 5.30. The molecule has 1 saturated heterocycles. The number of nitrogen functional groups attached to an aromatic ring is 1. The molecule has 0 bridgehead atoms. The van der Waals surface area contributed by atoms with Crippen LogP contribution in [0.15, 0.2) is 30.3 Å². The summed E-state index contributed by atoms with van der Waals surface area (Å²) in [6.45, 7) is 2.32. The van der Waals surface area contributed by atoms with Gasteiger partial charge in [-0.25, -0.2) is 9.97 Å². The first-order valence-corrected chi connectivity index (χ1v) is 8.98. The number of benzene rings is 1. The molecule has 7 heteroatoms. The number of terminal acetylenes is 1. The number of carbonyl (C=O) groups excluding carboxylic acids is 1. The highest BCUT2D eigenvalue weighted by Gasteiger charge is 2.22. The largest absolute Gasteiger partial charge is 0.383 e. The van der Waals surface area contributed by atoms with Crippen molar-refractivity contribution in [3.63, 3.8) is 0 Å². The number of thiophene rings is 1. The minimum absolute atomic E-state index is 0.0217. The number of ether oxygens (including phenoxy) is 1. The van der Waals surface area contributed by atoms with Crippen LogP contribution in [0, 0.1) is 12.3 Å². The standard InChI is InChI=1S/C19H16N4O2S/c1-2-12-4-3-5-13(10-12)17-21-16(20)14-11-15(26-18(14)22-17)19(24)23-6-8-25-9-7-23/h1,3-5,10-11H,6-9H2,(H2,20,21,22). The van der Waals surface area contributed by atoms with Gasteiger partial charge in [0.2, 0.25) is 0 Å². The molecule has 0 unspecified atom stereocenters. The summed E-state index contributed by atoms with van der Waals surface area (Å²) in [4.78, 5) is 24.8. The molecule has 1 aliphatic heterocycles. The molecule has 2 aromatic heterocycles. The van der Waals surface area contributed by atoms with Crippen LogP contribution in [0.3, 0.4) is 0 Å². The third-order valence-corrected chi connectivity index (χ3v) is 5.24. The molecule has 3 heterocycles. The van der Waals surface area contributed by atoms with Crippen LogP contribution in [0.1, 0.15) is 15.2 Å². The molecule has 0 saturated carbocycles. The molecular formula is C19H16N4O2S. The maximum absolute atomic E-state index is 12.7. The van der Waals surface area contributed by atoms with Gasteiger partial charge in [0.15, 0.2) is 5.82 Å². The average molecular weight is 364 g/mol. The van der Waals surface area contributed by atoms with Crippen LogP contribution < -0.4 is 5.73 Å². The van der Waals surface area contributed by atoms with Crippen molar-refractivity contribution in [2.45, 2.75) is 0 Å². The van der Waals surface area contributed by atoms with E-state index in [1.165, 1.54) is 11.3 Å². The summed E-state index contributed by atoms with van der Waals surface area (Å²) in [5, 5.41) is 0.698. The number of aromatic nitrogens is 2. The number of anilines is 1. The molecule has 1 aromatic carbocycles. The fourth-order valence-electron chi connectivity index (χ4n) is 2.85. The number of hydrogen-bond donors (Lipinski definition) is 1. The van der Waals surface area contributed by atoms with Crippen molar-refractivity contribution >= 4 is 33.3 Å². The zero-order chi connectivity index (χ0) is 18.1. The zero-order valence-electron chi connectivity index (χ0n) is 13.9. The molecule has 0 radical (unpaired) electrons. The van der Waals surface area contributed by atoms with Crippen LogP contribution in [0.25, 0.3) is 21.6 Å². The van der Waals surface area contributed by atoms with E-state index in [1.54, 1.807) is 11.0 Å². The summed E-state index contributed by atoms with van der Waals surface area (Å²) in [5.41, 5.74) is 7.67. The third-order valence-electron chi connectivity index (χ3n) is 4.22. The minimum atomic E-state index is -0.0217. The minimum Gasteiger partial charge on any atom is -0.383 e. The van der Waals surface area contributed by atoms with Crippen LogP contribution in [0.4, 0.5) is 5.82 Å². The molecule has 1 aliphatic rings. The number of morpholine rings is 1. The second-order valence-electron chi connectivity index (χ2n) is 5.89. The maximum Gasteiger partial charge on any atom is 0.264 e. The molecule has 0 atom stereocenters. The first kappa shape index (κ1) is 16.5. The lowest BCUT2D eigenvalue weighted by atomic mass is 10.1. The summed E-state index contributed by atoms with van der Waals surface area (Å²) >= 11 is 1.33. The Morgan fingerprint density at radius 1 is 1.27 bits per heavy atom. The number of nitrogens with zero attached hydrogens (tertiary/aromatic N) is 3. The van der Waals surface area contributed by atoms with Gasteiger partial charge in [-0.05, 0) is 18.2 Å². The van der Waals surface area contributed by atoms with Crippen molar-refractivity contribution in [1.29, 1.82) is 0 Å². The number of carbonyl (C=O) groups is 1. The second-order valence-corrected chi connectivity index (χ2v) is 6.92. The molecule has 3 aromatic rings. The Bertz CT molecular complexity index is 1030. The lowest BCUT2D eigenvalue weighted by Crippen LogP contribution is -2.40. The van der Waals surface area contributed by atoms with Crippen molar-refractivity contribution in [3.05, 3.63) is 40.8 Å². The van der Waals surface area contributed by atoms with Gasteiger partial charge in [-0.3, -0.25) is 4.79 Å². The molecule has 26 heavy (non-hydrogen) atoms. The van der Waals surface area contributed by atoms with Crippen molar-refractivity contribution in [1.82, 2.24) is 14.9 Å². The fourth-order valence-corrected chi connectivity index (χ4v) is 3.86. The van der Waals surface area contributed by atoms with Crippen LogP contribution in [0.2, 0.25) is 0 Å². The van der Waals surface area contributed by atoms with Gasteiger partial charge < -0.3 is 15.4 Å². The second kappa shape index (κ2) is 6.75. The van der Waals surface area contributed by atoms with Crippen molar-refractivity contribution in [2.24, 2.45) is 0 Å². The lowest BCUT2D eigenvalue weighted by Gasteiger charge is -2.26.